The molecule has 0 spiro atoms. The van der Waals surface area contributed by atoms with Crippen molar-refractivity contribution in [2.45, 2.75) is 45.4 Å². The van der Waals surface area contributed by atoms with Crippen LogP contribution in [0.2, 0.25) is 0 Å². The van der Waals surface area contributed by atoms with Gasteiger partial charge in [0, 0.05) is 16.9 Å². The molecule has 0 saturated heterocycles. The zero-order valence-corrected chi connectivity index (χ0v) is 24.8. The van der Waals surface area contributed by atoms with Crippen LogP contribution in [0, 0.1) is 0 Å². The van der Waals surface area contributed by atoms with Crippen LogP contribution in [0.3, 0.4) is 0 Å². The van der Waals surface area contributed by atoms with Gasteiger partial charge in [-0.05, 0) is 90.8 Å². The molecule has 0 aliphatic heterocycles. The smallest absolute Gasteiger partial charge is 0.338 e. The predicted molar refractivity (Wildman–Crippen MR) is 175 cm³/mol. The molecule has 0 bridgehead atoms. The summed E-state index contributed by atoms with van der Waals surface area (Å²) in [5, 5.41) is 0. The number of rotatable bonds is 15. The van der Waals surface area contributed by atoms with Gasteiger partial charge in [-0.25, -0.2) is 4.79 Å². The van der Waals surface area contributed by atoms with Crippen molar-refractivity contribution in [2.24, 2.45) is 0 Å². The normalized spacial score (nSPS) is 11.0. The third-order valence-corrected chi connectivity index (χ3v) is 7.06. The van der Waals surface area contributed by atoms with Gasteiger partial charge in [0.25, 0.3) is 0 Å². The van der Waals surface area contributed by atoms with Crippen LogP contribution in [-0.2, 0) is 11.2 Å². The van der Waals surface area contributed by atoms with Crippen LogP contribution < -0.4 is 16.2 Å². The highest BCUT2D eigenvalue weighted by atomic mass is 16.5. The quantitative estimate of drug-likeness (QED) is 0.0486. The van der Waals surface area contributed by atoms with Gasteiger partial charge in [0.1, 0.15) is 5.75 Å². The van der Waals surface area contributed by atoms with E-state index in [1.54, 1.807) is 24.3 Å². The lowest BCUT2D eigenvalue weighted by Crippen LogP contribution is -2.08. The summed E-state index contributed by atoms with van der Waals surface area (Å²) in [6.45, 7) is 3.14. The molecule has 0 atom stereocenters. The van der Waals surface area contributed by atoms with E-state index in [1.807, 2.05) is 54.6 Å². The molecule has 222 valence electrons. The number of esters is 1. The lowest BCUT2D eigenvalue weighted by Gasteiger charge is -2.08. The summed E-state index contributed by atoms with van der Waals surface area (Å²) in [6, 6.07) is 28.8. The second-order valence-corrected chi connectivity index (χ2v) is 10.6. The molecule has 0 saturated carbocycles. The molecule has 0 unspecified atom stereocenters. The summed E-state index contributed by atoms with van der Waals surface area (Å²) in [5.41, 5.74) is 17.9. The van der Waals surface area contributed by atoms with Crippen molar-refractivity contribution in [3.8, 4) is 16.9 Å². The van der Waals surface area contributed by atoms with Crippen molar-refractivity contribution in [3.63, 3.8) is 0 Å². The molecule has 0 aliphatic carbocycles. The van der Waals surface area contributed by atoms with Crippen molar-refractivity contribution < 1.29 is 19.1 Å². The summed E-state index contributed by atoms with van der Waals surface area (Å²) in [5.74, 6) is 0.342. The highest BCUT2D eigenvalue weighted by Crippen LogP contribution is 2.22. The predicted octanol–water partition coefficient (Wildman–Crippen LogP) is 8.16. The van der Waals surface area contributed by atoms with Gasteiger partial charge in [0.05, 0.1) is 18.8 Å². The Kier molecular flexibility index (Phi) is 11.6. The maximum absolute atomic E-state index is 12.7. The number of carbonyl (C=O) groups excluding carboxylic acids is 2. The lowest BCUT2D eigenvalue weighted by atomic mass is 10.00. The third kappa shape index (κ3) is 9.89. The van der Waals surface area contributed by atoms with Crippen molar-refractivity contribution in [2.75, 3.05) is 24.7 Å². The molecular formula is C37H40N2O4. The summed E-state index contributed by atoms with van der Waals surface area (Å²) in [7, 11) is 0. The van der Waals surface area contributed by atoms with Crippen molar-refractivity contribution in [3.05, 3.63) is 119 Å². The number of unbranched alkanes of at least 4 members (excludes halogenated alkanes) is 3. The van der Waals surface area contributed by atoms with Crippen LogP contribution >= 0.6 is 0 Å². The topological polar surface area (TPSA) is 105 Å². The molecule has 4 N–H and O–H groups in total. The SMILES string of the molecule is CCCc1ccc(-c2ccc(C(=O)C=Cc3ccc(OCCCCCCOC(=O)c4cc(N)cc(N)c4)cc3)cc2)cc1. The van der Waals surface area contributed by atoms with E-state index in [9.17, 15) is 9.59 Å². The van der Waals surface area contributed by atoms with Crippen LogP contribution in [0.1, 0.15) is 70.9 Å². The molecule has 0 heterocycles. The first-order valence-electron chi connectivity index (χ1n) is 14.9. The van der Waals surface area contributed by atoms with Gasteiger partial charge in [-0.15, -0.1) is 0 Å². The van der Waals surface area contributed by atoms with E-state index >= 15 is 0 Å². The van der Waals surface area contributed by atoms with Crippen LogP contribution in [0.25, 0.3) is 17.2 Å². The zero-order chi connectivity index (χ0) is 30.4. The minimum Gasteiger partial charge on any atom is -0.494 e. The van der Waals surface area contributed by atoms with Crippen molar-refractivity contribution in [1.29, 1.82) is 0 Å². The summed E-state index contributed by atoms with van der Waals surface area (Å²) in [6.07, 6.45) is 9.23. The molecule has 0 aromatic heterocycles. The molecule has 43 heavy (non-hydrogen) atoms. The van der Waals surface area contributed by atoms with Gasteiger partial charge in [-0.1, -0.05) is 80.1 Å². The van der Waals surface area contributed by atoms with Crippen LogP contribution in [0.5, 0.6) is 5.75 Å². The summed E-state index contributed by atoms with van der Waals surface area (Å²) >= 11 is 0. The fourth-order valence-corrected chi connectivity index (χ4v) is 4.71. The zero-order valence-electron chi connectivity index (χ0n) is 24.8. The van der Waals surface area contributed by atoms with Crippen LogP contribution in [0.15, 0.2) is 97.1 Å². The summed E-state index contributed by atoms with van der Waals surface area (Å²) < 4.78 is 11.2. The van der Waals surface area contributed by atoms with E-state index in [-0.39, 0.29) is 5.78 Å². The molecule has 6 nitrogen and oxygen atoms in total. The average molecular weight is 577 g/mol. The van der Waals surface area contributed by atoms with Crippen molar-refractivity contribution >= 4 is 29.2 Å². The van der Waals surface area contributed by atoms with Crippen LogP contribution in [0.4, 0.5) is 11.4 Å². The van der Waals surface area contributed by atoms with E-state index in [4.69, 9.17) is 20.9 Å². The first kappa shape index (κ1) is 31.1. The Balaban J connectivity index is 1.12. The fourth-order valence-electron chi connectivity index (χ4n) is 4.71. The number of aryl methyl sites for hydroxylation is 1. The minimum atomic E-state index is -0.414. The number of anilines is 2. The molecule has 4 aromatic carbocycles. The number of ketones is 1. The second kappa shape index (κ2) is 16.0. The van der Waals surface area contributed by atoms with E-state index in [0.717, 1.165) is 61.0 Å². The van der Waals surface area contributed by atoms with E-state index in [1.165, 1.54) is 5.56 Å². The number of hydrogen-bond donors (Lipinski definition) is 2. The maximum Gasteiger partial charge on any atom is 0.338 e. The number of nitrogens with two attached hydrogens (primary N) is 2. The molecule has 0 aliphatic rings. The Morgan fingerprint density at radius 1 is 0.698 bits per heavy atom. The van der Waals surface area contributed by atoms with Gasteiger partial charge < -0.3 is 20.9 Å². The number of allylic oxidation sites excluding steroid dienone is 1. The Bertz CT molecular complexity index is 1490. The van der Waals surface area contributed by atoms with Crippen LogP contribution in [-0.4, -0.2) is 25.0 Å². The number of nitrogen functional groups attached to an aromatic ring is 2. The second-order valence-electron chi connectivity index (χ2n) is 10.6. The Labute approximate surface area is 254 Å². The van der Waals surface area contributed by atoms with Crippen molar-refractivity contribution in [1.82, 2.24) is 0 Å². The Morgan fingerprint density at radius 3 is 1.93 bits per heavy atom. The van der Waals surface area contributed by atoms with Gasteiger partial charge in [-0.3, -0.25) is 4.79 Å². The number of ether oxygens (including phenoxy) is 2. The standard InChI is InChI=1S/C37H40N2O4/c1-2-7-27-8-13-29(14-9-27)30-15-17-31(18-16-30)36(40)21-12-28-10-19-35(20-11-28)42-22-5-3-4-6-23-43-37(41)32-24-33(38)26-34(39)25-32/h8-21,24-26H,2-7,22-23,38-39H2,1H3. The Hall–Kier alpha value is -4.84. The van der Waals surface area contributed by atoms with E-state index in [0.29, 0.717) is 35.7 Å². The molecule has 0 fully saturated rings. The van der Waals surface area contributed by atoms with E-state index < -0.39 is 5.97 Å². The van der Waals surface area contributed by atoms with Gasteiger partial charge in [-0.2, -0.15) is 0 Å². The Morgan fingerprint density at radius 2 is 1.30 bits per heavy atom. The van der Waals surface area contributed by atoms with Gasteiger partial charge >= 0.3 is 5.97 Å². The van der Waals surface area contributed by atoms with E-state index in [2.05, 4.69) is 31.2 Å². The van der Waals surface area contributed by atoms with Gasteiger partial charge in [0.15, 0.2) is 5.78 Å². The highest BCUT2D eigenvalue weighted by Gasteiger charge is 2.09. The van der Waals surface area contributed by atoms with Gasteiger partial charge in [0.2, 0.25) is 0 Å². The largest absolute Gasteiger partial charge is 0.494 e. The monoisotopic (exact) mass is 576 g/mol. The fraction of sp³-hybridized carbons (Fsp3) is 0.243. The first-order chi connectivity index (χ1) is 20.9. The number of hydrogen-bond acceptors (Lipinski definition) is 6. The average Bonchev–Trinajstić information content (AvgIpc) is 3.02. The molecule has 4 rings (SSSR count). The molecular weight excluding hydrogens is 536 g/mol. The molecule has 4 aromatic rings. The lowest BCUT2D eigenvalue weighted by molar-refractivity contribution is 0.0497. The molecule has 6 heteroatoms. The minimum absolute atomic E-state index is 0.0330. The number of carbonyl (C=O) groups is 2. The number of benzene rings is 4. The third-order valence-electron chi connectivity index (χ3n) is 7.06. The maximum atomic E-state index is 12.7. The first-order valence-corrected chi connectivity index (χ1v) is 14.9. The summed E-state index contributed by atoms with van der Waals surface area (Å²) in [4.78, 5) is 24.8. The molecule has 0 radical (unpaired) electrons. The highest BCUT2D eigenvalue weighted by molar-refractivity contribution is 6.07. The molecule has 0 amide bonds.